The summed E-state index contributed by atoms with van der Waals surface area (Å²) in [7, 11) is 1.58. The lowest BCUT2D eigenvalue weighted by atomic mass is 10.1. The molecule has 12 heteroatoms. The summed E-state index contributed by atoms with van der Waals surface area (Å²) in [6.45, 7) is 3.29. The van der Waals surface area contributed by atoms with Gasteiger partial charge in [0.25, 0.3) is 5.91 Å². The zero-order valence-electron chi connectivity index (χ0n) is 26.3. The van der Waals surface area contributed by atoms with Crippen LogP contribution in [0, 0.1) is 11.3 Å². The molecule has 2 aliphatic heterocycles. The average molecular weight is 635 g/mol. The van der Waals surface area contributed by atoms with Crippen LogP contribution in [0.15, 0.2) is 72.8 Å². The molecule has 3 aromatic carbocycles. The maximum Gasteiger partial charge on any atom is 0.407 e. The van der Waals surface area contributed by atoms with Crippen LogP contribution < -0.4 is 20.3 Å². The van der Waals surface area contributed by atoms with E-state index in [9.17, 15) is 20.0 Å². The number of ether oxygens (including phenoxy) is 1. The summed E-state index contributed by atoms with van der Waals surface area (Å²) in [4.78, 5) is 40.8. The Bertz CT molecular complexity index is 1780. The molecule has 2 atom stereocenters. The average Bonchev–Trinajstić information content (AvgIpc) is 3.54. The van der Waals surface area contributed by atoms with Crippen LogP contribution in [0.4, 0.5) is 22.2 Å². The van der Waals surface area contributed by atoms with E-state index in [4.69, 9.17) is 9.72 Å². The van der Waals surface area contributed by atoms with Crippen molar-refractivity contribution in [3.8, 4) is 11.8 Å². The molecule has 0 bridgehead atoms. The zero-order valence-corrected chi connectivity index (χ0v) is 26.3. The van der Waals surface area contributed by atoms with Crippen LogP contribution in [0.3, 0.4) is 0 Å². The monoisotopic (exact) mass is 634 g/mol. The number of nitrogens with zero attached hydrogens (tertiary/aromatic N) is 6. The molecular formula is C35H38N8O4. The lowest BCUT2D eigenvalue weighted by Gasteiger charge is -2.39. The third-order valence-electron chi connectivity index (χ3n) is 8.87. The first-order valence-electron chi connectivity index (χ1n) is 15.8. The first-order valence-corrected chi connectivity index (χ1v) is 15.8. The number of carbonyl (C=O) groups excluding carboxylic acids is 1. The highest BCUT2D eigenvalue weighted by Gasteiger charge is 2.32. The van der Waals surface area contributed by atoms with Crippen LogP contribution in [0.2, 0.25) is 0 Å². The Morgan fingerprint density at radius 2 is 1.83 bits per heavy atom. The smallest absolute Gasteiger partial charge is 0.407 e. The van der Waals surface area contributed by atoms with Crippen LogP contribution in [-0.4, -0.2) is 88.8 Å². The number of fused-ring (bicyclic) bond motifs is 1. The van der Waals surface area contributed by atoms with E-state index >= 15 is 0 Å². The number of likely N-dealkylation sites (tertiary alicyclic amines) is 1. The minimum absolute atomic E-state index is 0.0498. The normalized spacial score (nSPS) is 18.1. The van der Waals surface area contributed by atoms with Crippen LogP contribution in [0.25, 0.3) is 10.8 Å². The number of rotatable bonds is 10. The highest BCUT2D eigenvalue weighted by Crippen LogP contribution is 2.30. The second-order valence-electron chi connectivity index (χ2n) is 11.9. The van der Waals surface area contributed by atoms with Crippen molar-refractivity contribution in [3.05, 3.63) is 84.1 Å². The van der Waals surface area contributed by atoms with E-state index in [1.54, 1.807) is 19.2 Å². The Morgan fingerprint density at radius 3 is 2.62 bits per heavy atom. The topological polar surface area (TPSA) is 147 Å². The van der Waals surface area contributed by atoms with Gasteiger partial charge in [-0.15, -0.1) is 0 Å². The van der Waals surface area contributed by atoms with Crippen molar-refractivity contribution in [1.82, 2.24) is 19.8 Å². The molecule has 4 aromatic rings. The number of benzene rings is 3. The number of piperazine rings is 1. The first kappa shape index (κ1) is 31.6. The largest absolute Gasteiger partial charge is 0.497 e. The van der Waals surface area contributed by atoms with Crippen molar-refractivity contribution < 1.29 is 19.4 Å². The maximum absolute atomic E-state index is 13.8. The maximum atomic E-state index is 13.8. The molecule has 2 aliphatic rings. The predicted octanol–water partition coefficient (Wildman–Crippen LogP) is 5.05. The van der Waals surface area contributed by atoms with Gasteiger partial charge in [0.15, 0.2) is 0 Å². The highest BCUT2D eigenvalue weighted by atomic mass is 16.5. The van der Waals surface area contributed by atoms with E-state index in [0.29, 0.717) is 36.3 Å². The van der Waals surface area contributed by atoms with Crippen molar-refractivity contribution in [2.45, 2.75) is 37.9 Å². The third kappa shape index (κ3) is 7.37. The number of hydrogen-bond donors (Lipinski definition) is 3. The number of anilines is 3. The highest BCUT2D eigenvalue weighted by molar-refractivity contribution is 6.09. The van der Waals surface area contributed by atoms with E-state index in [1.807, 2.05) is 41.3 Å². The van der Waals surface area contributed by atoms with E-state index in [2.05, 4.69) is 50.9 Å². The van der Waals surface area contributed by atoms with E-state index < -0.39 is 18.0 Å². The Balaban J connectivity index is 1.27. The van der Waals surface area contributed by atoms with Crippen molar-refractivity contribution in [2.24, 2.45) is 0 Å². The fourth-order valence-corrected chi connectivity index (χ4v) is 6.44. The number of carbonyl (C=O) groups is 2. The Hall–Kier alpha value is -5.41. The molecule has 0 aliphatic carbocycles. The van der Waals surface area contributed by atoms with Gasteiger partial charge in [-0.25, -0.2) is 9.78 Å². The SMILES string of the molecule is COc1cc(NC(=O)c2cc(N3CCN(C(=O)O)[C@@H](CC#N)C3)nc(NC[C@@H]3CCCN3Cc3ccccc3)n2)c2ccccc2c1. The molecule has 1 aromatic heterocycles. The number of nitriles is 1. The van der Waals surface area contributed by atoms with Crippen molar-refractivity contribution in [3.63, 3.8) is 0 Å². The van der Waals surface area contributed by atoms with Gasteiger partial charge < -0.3 is 30.3 Å². The lowest BCUT2D eigenvalue weighted by molar-refractivity contribution is 0.102. The summed E-state index contributed by atoms with van der Waals surface area (Å²) in [6.07, 6.45) is 1.12. The fraction of sp³-hybridized carbons (Fsp3) is 0.343. The molecule has 0 spiro atoms. The summed E-state index contributed by atoms with van der Waals surface area (Å²) in [5.41, 5.74) is 2.01. The van der Waals surface area contributed by atoms with Gasteiger partial charge in [-0.1, -0.05) is 54.6 Å². The van der Waals surface area contributed by atoms with Gasteiger partial charge in [0.05, 0.1) is 31.3 Å². The lowest BCUT2D eigenvalue weighted by Crippen LogP contribution is -2.55. The Kier molecular flexibility index (Phi) is 9.64. The van der Waals surface area contributed by atoms with Gasteiger partial charge in [0, 0.05) is 56.3 Å². The van der Waals surface area contributed by atoms with Crippen LogP contribution in [-0.2, 0) is 6.54 Å². The number of hydrogen-bond acceptors (Lipinski definition) is 9. The van der Waals surface area contributed by atoms with Crippen LogP contribution >= 0.6 is 0 Å². The second-order valence-corrected chi connectivity index (χ2v) is 11.9. The summed E-state index contributed by atoms with van der Waals surface area (Å²) in [5, 5.41) is 27.3. The van der Waals surface area contributed by atoms with Crippen molar-refractivity contribution >= 4 is 40.2 Å². The van der Waals surface area contributed by atoms with Crippen molar-refractivity contribution in [1.29, 1.82) is 5.26 Å². The zero-order chi connectivity index (χ0) is 32.8. The summed E-state index contributed by atoms with van der Waals surface area (Å²) in [5.74, 6) is 0.997. The van der Waals surface area contributed by atoms with Gasteiger partial charge in [0.1, 0.15) is 17.3 Å². The van der Waals surface area contributed by atoms with Gasteiger partial charge in [0.2, 0.25) is 5.95 Å². The summed E-state index contributed by atoms with van der Waals surface area (Å²) in [6, 6.07) is 25.3. The first-order chi connectivity index (χ1) is 22.9. The predicted molar refractivity (Wildman–Crippen MR) is 180 cm³/mol. The number of nitrogens with one attached hydrogen (secondary N) is 2. The molecule has 12 nitrogen and oxygen atoms in total. The van der Waals surface area contributed by atoms with Crippen LogP contribution in [0.5, 0.6) is 5.75 Å². The molecular weight excluding hydrogens is 596 g/mol. The van der Waals surface area contributed by atoms with Crippen molar-refractivity contribution in [2.75, 3.05) is 55.4 Å². The van der Waals surface area contributed by atoms with E-state index in [0.717, 1.165) is 36.7 Å². The molecule has 2 saturated heterocycles. The molecule has 47 heavy (non-hydrogen) atoms. The Morgan fingerprint density at radius 1 is 1.02 bits per heavy atom. The standard InChI is InChI=1S/C35H38N8O4/c1-47-28-18-25-10-5-6-12-29(25)30(19-28)38-33(44)31-20-32(42-16-17-43(35(45)46)27(23-42)13-14-36)40-34(39-31)37-21-26-11-7-15-41(26)22-24-8-3-2-4-9-24/h2-6,8-10,12,18-20,26-27H,7,11,13,15-17,21-23H2,1H3,(H,38,44)(H,45,46)(H,37,39,40)/t26-,27-/m0/s1. The molecule has 0 saturated carbocycles. The number of carboxylic acid groups (broad SMARTS) is 1. The third-order valence-corrected chi connectivity index (χ3v) is 8.87. The molecule has 3 heterocycles. The minimum atomic E-state index is -1.06. The summed E-state index contributed by atoms with van der Waals surface area (Å²) >= 11 is 0. The minimum Gasteiger partial charge on any atom is -0.497 e. The number of amides is 2. The Labute approximate surface area is 273 Å². The molecule has 3 N–H and O–H groups in total. The molecule has 0 radical (unpaired) electrons. The van der Waals surface area contributed by atoms with Crippen LogP contribution in [0.1, 0.15) is 35.3 Å². The molecule has 2 amide bonds. The van der Waals surface area contributed by atoms with Gasteiger partial charge >= 0.3 is 6.09 Å². The van der Waals surface area contributed by atoms with E-state index in [-0.39, 0.29) is 31.2 Å². The molecule has 6 rings (SSSR count). The molecule has 242 valence electrons. The fourth-order valence-electron chi connectivity index (χ4n) is 6.44. The van der Waals surface area contributed by atoms with E-state index in [1.165, 1.54) is 10.5 Å². The molecule has 0 unspecified atom stereocenters. The number of methoxy groups -OCH3 is 1. The quantitative estimate of drug-likeness (QED) is 0.217. The van der Waals surface area contributed by atoms with Gasteiger partial charge in [-0.05, 0) is 36.4 Å². The van der Waals surface area contributed by atoms with Gasteiger partial charge in [-0.2, -0.15) is 10.2 Å². The summed E-state index contributed by atoms with van der Waals surface area (Å²) < 4.78 is 5.48. The molecule has 2 fully saturated rings. The number of aromatic nitrogens is 2. The van der Waals surface area contributed by atoms with Gasteiger partial charge in [-0.3, -0.25) is 9.69 Å². The second kappa shape index (κ2) is 14.3.